The lowest BCUT2D eigenvalue weighted by molar-refractivity contribution is 0.421. The largest absolute Gasteiger partial charge is 0.507 e. The van der Waals surface area contributed by atoms with Gasteiger partial charge in [-0.1, -0.05) is 6.07 Å². The molecule has 6 heteroatoms. The van der Waals surface area contributed by atoms with E-state index >= 15 is 0 Å². The fourth-order valence-electron chi connectivity index (χ4n) is 1.36. The Labute approximate surface area is 87.2 Å². The molecule has 0 spiro atoms. The van der Waals surface area contributed by atoms with Crippen LogP contribution in [0.3, 0.4) is 0 Å². The van der Waals surface area contributed by atoms with Gasteiger partial charge in [-0.05, 0) is 18.2 Å². The molecule has 2 rings (SSSR count). The average molecular weight is 203 g/mol. The molecule has 0 aliphatic heterocycles. The van der Waals surface area contributed by atoms with Gasteiger partial charge in [-0.25, -0.2) is 0 Å². The van der Waals surface area contributed by atoms with Crippen molar-refractivity contribution in [1.82, 2.24) is 14.8 Å². The maximum atomic E-state index is 9.04. The van der Waals surface area contributed by atoms with Crippen LogP contribution in [0.1, 0.15) is 0 Å². The second kappa shape index (κ2) is 3.84. The Hall–Kier alpha value is -1.66. The Morgan fingerprint density at radius 2 is 2.07 bits per heavy atom. The summed E-state index contributed by atoms with van der Waals surface area (Å²) in [6, 6.07) is 7.09. The third-order valence-corrected chi connectivity index (χ3v) is 2.11. The second-order valence-corrected chi connectivity index (χ2v) is 3.17. The molecule has 0 saturated carbocycles. The van der Waals surface area contributed by atoms with E-state index in [9.17, 15) is 0 Å². The lowest BCUT2D eigenvalue weighted by Gasteiger charge is -1.96. The predicted octanol–water partition coefficient (Wildman–Crippen LogP) is -0.838. The SMILES string of the molecule is Cn1nc(-c2ccccn2)cc1B(O)O. The molecule has 0 radical (unpaired) electrons. The lowest BCUT2D eigenvalue weighted by Crippen LogP contribution is -2.35. The normalized spacial score (nSPS) is 10.3. The first-order valence-corrected chi connectivity index (χ1v) is 4.50. The molecule has 0 bridgehead atoms. The maximum Gasteiger partial charge on any atom is 0.507 e. The van der Waals surface area contributed by atoms with Gasteiger partial charge in [-0.15, -0.1) is 0 Å². The molecular weight excluding hydrogens is 193 g/mol. The van der Waals surface area contributed by atoms with Crippen LogP contribution in [0, 0.1) is 0 Å². The highest BCUT2D eigenvalue weighted by Gasteiger charge is 2.18. The summed E-state index contributed by atoms with van der Waals surface area (Å²) in [5.41, 5.74) is 1.68. The van der Waals surface area contributed by atoms with Crippen LogP contribution < -0.4 is 5.59 Å². The fraction of sp³-hybridized carbons (Fsp3) is 0.111. The maximum absolute atomic E-state index is 9.04. The number of aryl methyl sites for hydroxylation is 1. The average Bonchev–Trinajstić information content (AvgIpc) is 2.62. The van der Waals surface area contributed by atoms with E-state index in [0.717, 1.165) is 0 Å². The number of nitrogens with zero attached hydrogens (tertiary/aromatic N) is 3. The van der Waals surface area contributed by atoms with Crippen molar-refractivity contribution in [2.24, 2.45) is 7.05 Å². The van der Waals surface area contributed by atoms with Gasteiger partial charge in [-0.2, -0.15) is 5.10 Å². The summed E-state index contributed by atoms with van der Waals surface area (Å²) in [5, 5.41) is 22.2. The third-order valence-electron chi connectivity index (χ3n) is 2.11. The van der Waals surface area contributed by atoms with Crippen LogP contribution >= 0.6 is 0 Å². The van der Waals surface area contributed by atoms with Crippen LogP contribution in [-0.2, 0) is 7.05 Å². The van der Waals surface area contributed by atoms with Crippen molar-refractivity contribution in [2.45, 2.75) is 0 Å². The van der Waals surface area contributed by atoms with E-state index in [1.165, 1.54) is 4.68 Å². The number of rotatable bonds is 2. The van der Waals surface area contributed by atoms with E-state index < -0.39 is 7.12 Å². The summed E-state index contributed by atoms with van der Waals surface area (Å²) in [7, 11) is 0.140. The van der Waals surface area contributed by atoms with E-state index in [1.807, 2.05) is 18.2 Å². The Kier molecular flexibility index (Phi) is 2.53. The van der Waals surface area contributed by atoms with Crippen LogP contribution in [0.4, 0.5) is 0 Å². The molecule has 15 heavy (non-hydrogen) atoms. The Morgan fingerprint density at radius 3 is 2.60 bits per heavy atom. The van der Waals surface area contributed by atoms with Crippen molar-refractivity contribution >= 4 is 12.7 Å². The summed E-state index contributed by atoms with van der Waals surface area (Å²) >= 11 is 0. The first-order chi connectivity index (χ1) is 7.18. The topological polar surface area (TPSA) is 71.2 Å². The summed E-state index contributed by atoms with van der Waals surface area (Å²) in [4.78, 5) is 4.12. The third kappa shape index (κ3) is 1.90. The van der Waals surface area contributed by atoms with Crippen molar-refractivity contribution in [3.05, 3.63) is 30.5 Å². The molecule has 2 aromatic rings. The smallest absolute Gasteiger partial charge is 0.422 e. The van der Waals surface area contributed by atoms with Gasteiger partial charge in [0.1, 0.15) is 5.69 Å². The first kappa shape index (κ1) is 9.88. The molecule has 2 aromatic heterocycles. The van der Waals surface area contributed by atoms with E-state index in [2.05, 4.69) is 10.1 Å². The van der Waals surface area contributed by atoms with E-state index in [0.29, 0.717) is 17.0 Å². The Morgan fingerprint density at radius 1 is 1.27 bits per heavy atom. The summed E-state index contributed by atoms with van der Waals surface area (Å²) in [6.07, 6.45) is 1.67. The van der Waals surface area contributed by atoms with Gasteiger partial charge >= 0.3 is 7.12 Å². The molecule has 0 aromatic carbocycles. The fourth-order valence-corrected chi connectivity index (χ4v) is 1.36. The molecule has 0 unspecified atom stereocenters. The van der Waals surface area contributed by atoms with Crippen molar-refractivity contribution in [3.8, 4) is 11.4 Å². The standard InChI is InChI=1S/C9H10BN3O2/c1-13-9(10(14)15)6-8(12-13)7-4-2-3-5-11-7/h2-6,14-15H,1H3. The van der Waals surface area contributed by atoms with Crippen LogP contribution in [0.25, 0.3) is 11.4 Å². The molecule has 76 valence electrons. The molecule has 0 aliphatic rings. The van der Waals surface area contributed by atoms with Gasteiger partial charge in [0.2, 0.25) is 0 Å². The van der Waals surface area contributed by atoms with E-state index in [4.69, 9.17) is 10.0 Å². The minimum Gasteiger partial charge on any atom is -0.422 e. The summed E-state index contributed by atoms with van der Waals surface area (Å²) in [6.45, 7) is 0. The van der Waals surface area contributed by atoms with Gasteiger partial charge in [-0.3, -0.25) is 9.67 Å². The van der Waals surface area contributed by atoms with Crippen molar-refractivity contribution < 1.29 is 10.0 Å². The zero-order valence-electron chi connectivity index (χ0n) is 8.20. The van der Waals surface area contributed by atoms with Crippen molar-refractivity contribution in [2.75, 3.05) is 0 Å². The van der Waals surface area contributed by atoms with Gasteiger partial charge in [0.05, 0.1) is 11.3 Å². The van der Waals surface area contributed by atoms with Gasteiger partial charge in [0, 0.05) is 13.2 Å². The monoisotopic (exact) mass is 203 g/mol. The quantitative estimate of drug-likeness (QED) is 0.624. The summed E-state index contributed by atoms with van der Waals surface area (Å²) < 4.78 is 1.43. The number of hydrogen-bond acceptors (Lipinski definition) is 4. The number of hydrogen-bond donors (Lipinski definition) is 2. The molecule has 2 N–H and O–H groups in total. The van der Waals surface area contributed by atoms with Crippen molar-refractivity contribution in [1.29, 1.82) is 0 Å². The lowest BCUT2D eigenvalue weighted by atomic mass is 9.86. The van der Waals surface area contributed by atoms with E-state index in [-0.39, 0.29) is 0 Å². The first-order valence-electron chi connectivity index (χ1n) is 4.50. The van der Waals surface area contributed by atoms with Crippen LogP contribution in [0.2, 0.25) is 0 Å². The zero-order valence-corrected chi connectivity index (χ0v) is 8.20. The van der Waals surface area contributed by atoms with Crippen LogP contribution in [0.5, 0.6) is 0 Å². The van der Waals surface area contributed by atoms with E-state index in [1.54, 1.807) is 19.3 Å². The number of aromatic nitrogens is 3. The van der Waals surface area contributed by atoms with Crippen LogP contribution in [-0.4, -0.2) is 31.9 Å². The molecule has 0 saturated heterocycles. The molecule has 0 fully saturated rings. The summed E-state index contributed by atoms with van der Waals surface area (Å²) in [5.74, 6) is 0. The molecule has 0 amide bonds. The van der Waals surface area contributed by atoms with Crippen LogP contribution in [0.15, 0.2) is 30.5 Å². The molecule has 5 nitrogen and oxygen atoms in total. The van der Waals surface area contributed by atoms with Gasteiger partial charge in [0.25, 0.3) is 0 Å². The molecule has 0 atom stereocenters. The van der Waals surface area contributed by atoms with Gasteiger partial charge < -0.3 is 10.0 Å². The zero-order chi connectivity index (χ0) is 10.8. The molecular formula is C9H10BN3O2. The highest BCUT2D eigenvalue weighted by molar-refractivity contribution is 6.57. The molecule has 2 heterocycles. The highest BCUT2D eigenvalue weighted by atomic mass is 16.4. The Balaban J connectivity index is 2.43. The highest BCUT2D eigenvalue weighted by Crippen LogP contribution is 2.11. The van der Waals surface area contributed by atoms with Crippen molar-refractivity contribution in [3.63, 3.8) is 0 Å². The van der Waals surface area contributed by atoms with Gasteiger partial charge in [0.15, 0.2) is 0 Å². The minimum absolute atomic E-state index is 0.343. The number of pyridine rings is 1. The second-order valence-electron chi connectivity index (χ2n) is 3.17. The minimum atomic E-state index is -1.51. The Bertz CT molecular complexity index is 456. The predicted molar refractivity (Wildman–Crippen MR) is 56.3 cm³/mol. The molecule has 0 aliphatic carbocycles.